The Balaban J connectivity index is 2.88. The first-order valence-electron chi connectivity index (χ1n) is 4.81. The molecule has 0 amide bonds. The third-order valence-electron chi connectivity index (χ3n) is 2.47. The molecule has 1 aromatic heterocycles. The summed E-state index contributed by atoms with van der Waals surface area (Å²) >= 11 is 5.98. The van der Waals surface area contributed by atoms with E-state index in [1.54, 1.807) is 6.07 Å². The van der Waals surface area contributed by atoms with E-state index in [0.717, 1.165) is 5.56 Å². The number of hydrogen-bond acceptors (Lipinski definition) is 2. The lowest BCUT2D eigenvalue weighted by Gasteiger charge is -2.05. The molecule has 3 nitrogen and oxygen atoms in total. The van der Waals surface area contributed by atoms with E-state index in [0.29, 0.717) is 21.6 Å². The van der Waals surface area contributed by atoms with Crippen LogP contribution in [0.4, 0.5) is 0 Å². The number of H-pyrrole nitrogens is 1. The quantitative estimate of drug-likeness (QED) is 0.822. The van der Waals surface area contributed by atoms with Crippen molar-refractivity contribution in [2.24, 2.45) is 0 Å². The van der Waals surface area contributed by atoms with E-state index in [1.807, 2.05) is 19.1 Å². The minimum Gasteiger partial charge on any atom is -0.357 e. The molecule has 80 valence electrons. The van der Waals surface area contributed by atoms with Crippen molar-refractivity contribution in [1.29, 1.82) is 5.26 Å². The lowest BCUT2D eigenvalue weighted by Crippen LogP contribution is -2.06. The van der Waals surface area contributed by atoms with E-state index in [9.17, 15) is 4.79 Å². The first kappa shape index (κ1) is 10.7. The first-order valence-corrected chi connectivity index (χ1v) is 5.19. The second-order valence-electron chi connectivity index (χ2n) is 3.61. The predicted molar refractivity (Wildman–Crippen MR) is 63.6 cm³/mol. The third kappa shape index (κ3) is 1.68. The molecule has 1 aromatic carbocycles. The largest absolute Gasteiger partial charge is 0.357 e. The van der Waals surface area contributed by atoms with Crippen LogP contribution in [0.25, 0.3) is 10.9 Å². The lowest BCUT2D eigenvalue weighted by molar-refractivity contribution is 1.13. The fraction of sp³-hybridized carbons (Fsp3) is 0.167. The van der Waals surface area contributed by atoms with Crippen LogP contribution in [0, 0.1) is 18.3 Å². The molecule has 2 rings (SSSR count). The minimum atomic E-state index is -0.146. The number of nitriles is 1. The first-order chi connectivity index (χ1) is 7.63. The van der Waals surface area contributed by atoms with Crippen molar-refractivity contribution in [2.75, 3.05) is 0 Å². The highest BCUT2D eigenvalue weighted by molar-refractivity contribution is 6.35. The van der Waals surface area contributed by atoms with Gasteiger partial charge in [0, 0.05) is 11.8 Å². The second-order valence-corrected chi connectivity index (χ2v) is 4.02. The van der Waals surface area contributed by atoms with Crippen LogP contribution < -0.4 is 5.43 Å². The maximum Gasteiger partial charge on any atom is 0.191 e. The molecule has 0 bridgehead atoms. The van der Waals surface area contributed by atoms with Gasteiger partial charge in [0.05, 0.1) is 28.4 Å². The number of aromatic nitrogens is 1. The minimum absolute atomic E-state index is 0.146. The number of benzene rings is 1. The molecule has 1 heterocycles. The number of aryl methyl sites for hydroxylation is 1. The maximum atomic E-state index is 11.8. The number of aromatic amines is 1. The topological polar surface area (TPSA) is 56.6 Å². The summed E-state index contributed by atoms with van der Waals surface area (Å²) in [6, 6.07) is 6.99. The molecule has 16 heavy (non-hydrogen) atoms. The van der Waals surface area contributed by atoms with Gasteiger partial charge in [0.15, 0.2) is 5.43 Å². The molecular weight excluding hydrogens is 224 g/mol. The molecule has 0 fully saturated rings. The van der Waals surface area contributed by atoms with Gasteiger partial charge < -0.3 is 4.98 Å². The van der Waals surface area contributed by atoms with E-state index >= 15 is 0 Å². The van der Waals surface area contributed by atoms with Crippen molar-refractivity contribution in [1.82, 2.24) is 4.98 Å². The van der Waals surface area contributed by atoms with Crippen LogP contribution in [-0.4, -0.2) is 4.98 Å². The highest BCUT2D eigenvalue weighted by atomic mass is 35.5. The lowest BCUT2D eigenvalue weighted by atomic mass is 10.1. The predicted octanol–water partition coefficient (Wildman–Crippen LogP) is 2.56. The fourth-order valence-corrected chi connectivity index (χ4v) is 1.94. The summed E-state index contributed by atoms with van der Waals surface area (Å²) in [4.78, 5) is 14.9. The average molecular weight is 233 g/mol. The standard InChI is InChI=1S/C12H9ClN2O/c1-7-2-3-9(13)11-10(16)6-8(4-5-14)15-12(7)11/h2-3,6H,4H2,1H3,(H,15,16). The maximum absolute atomic E-state index is 11.8. The summed E-state index contributed by atoms with van der Waals surface area (Å²) < 4.78 is 0. The van der Waals surface area contributed by atoms with Crippen molar-refractivity contribution in [3.63, 3.8) is 0 Å². The Labute approximate surface area is 97.3 Å². The number of halogens is 1. The number of nitrogens with zero attached hydrogens (tertiary/aromatic N) is 1. The van der Waals surface area contributed by atoms with Crippen LogP contribution in [0.5, 0.6) is 0 Å². The van der Waals surface area contributed by atoms with E-state index in [1.165, 1.54) is 6.07 Å². The summed E-state index contributed by atoms with van der Waals surface area (Å²) in [5.74, 6) is 0. The Kier molecular flexibility index (Phi) is 2.67. The highest BCUT2D eigenvalue weighted by Crippen LogP contribution is 2.22. The number of hydrogen-bond donors (Lipinski definition) is 1. The van der Waals surface area contributed by atoms with Gasteiger partial charge in [-0.25, -0.2) is 0 Å². The zero-order valence-corrected chi connectivity index (χ0v) is 9.43. The average Bonchev–Trinajstić information content (AvgIpc) is 2.23. The Bertz CT molecular complexity index is 652. The van der Waals surface area contributed by atoms with E-state index in [2.05, 4.69) is 4.98 Å². The van der Waals surface area contributed by atoms with Crippen molar-refractivity contribution < 1.29 is 0 Å². The summed E-state index contributed by atoms with van der Waals surface area (Å²) in [7, 11) is 0. The molecular formula is C12H9ClN2O. The van der Waals surface area contributed by atoms with Crippen LogP contribution in [-0.2, 0) is 6.42 Å². The van der Waals surface area contributed by atoms with Gasteiger partial charge in [-0.2, -0.15) is 5.26 Å². The summed E-state index contributed by atoms with van der Waals surface area (Å²) in [6.07, 6.45) is 0.192. The molecule has 1 N–H and O–H groups in total. The van der Waals surface area contributed by atoms with Crippen LogP contribution in [0.15, 0.2) is 23.0 Å². The smallest absolute Gasteiger partial charge is 0.191 e. The normalized spacial score (nSPS) is 10.3. The molecule has 0 aliphatic rings. The van der Waals surface area contributed by atoms with Gasteiger partial charge in [-0.1, -0.05) is 17.7 Å². The van der Waals surface area contributed by atoms with Crippen LogP contribution in [0.2, 0.25) is 5.02 Å². The van der Waals surface area contributed by atoms with Gasteiger partial charge in [-0.3, -0.25) is 4.79 Å². The third-order valence-corrected chi connectivity index (χ3v) is 2.78. The Morgan fingerprint density at radius 2 is 2.25 bits per heavy atom. The second kappa shape index (κ2) is 3.99. The van der Waals surface area contributed by atoms with Gasteiger partial charge in [0.2, 0.25) is 0 Å². The number of nitrogens with one attached hydrogen (secondary N) is 1. The molecule has 0 aliphatic heterocycles. The number of pyridine rings is 1. The summed E-state index contributed by atoms with van der Waals surface area (Å²) in [5, 5.41) is 9.53. The molecule has 4 heteroatoms. The number of fused-ring (bicyclic) bond motifs is 1. The molecule has 0 saturated carbocycles. The van der Waals surface area contributed by atoms with Gasteiger partial charge in [-0.15, -0.1) is 0 Å². The molecule has 0 saturated heterocycles. The van der Waals surface area contributed by atoms with E-state index in [4.69, 9.17) is 16.9 Å². The molecule has 0 atom stereocenters. The molecule has 0 aliphatic carbocycles. The van der Waals surface area contributed by atoms with Gasteiger partial charge in [0.25, 0.3) is 0 Å². The Morgan fingerprint density at radius 1 is 1.50 bits per heavy atom. The number of rotatable bonds is 1. The van der Waals surface area contributed by atoms with Gasteiger partial charge in [-0.05, 0) is 18.6 Å². The zero-order chi connectivity index (χ0) is 11.7. The van der Waals surface area contributed by atoms with Crippen molar-refractivity contribution in [2.45, 2.75) is 13.3 Å². The SMILES string of the molecule is Cc1ccc(Cl)c2c(=O)cc(CC#N)[nH]c12. The van der Waals surface area contributed by atoms with Crippen LogP contribution in [0.1, 0.15) is 11.3 Å². The van der Waals surface area contributed by atoms with Crippen molar-refractivity contribution in [3.8, 4) is 6.07 Å². The highest BCUT2D eigenvalue weighted by Gasteiger charge is 2.07. The molecule has 0 spiro atoms. The molecule has 0 radical (unpaired) electrons. The van der Waals surface area contributed by atoms with Crippen molar-refractivity contribution >= 4 is 22.5 Å². The van der Waals surface area contributed by atoms with E-state index < -0.39 is 0 Å². The monoisotopic (exact) mass is 232 g/mol. The van der Waals surface area contributed by atoms with Crippen molar-refractivity contribution in [3.05, 3.63) is 44.7 Å². The van der Waals surface area contributed by atoms with Gasteiger partial charge >= 0.3 is 0 Å². The molecule has 2 aromatic rings. The van der Waals surface area contributed by atoms with Crippen LogP contribution >= 0.6 is 11.6 Å². The fourth-order valence-electron chi connectivity index (χ4n) is 1.69. The summed E-state index contributed by atoms with van der Waals surface area (Å²) in [6.45, 7) is 1.89. The Hall–Kier alpha value is -1.79. The van der Waals surface area contributed by atoms with E-state index in [-0.39, 0.29) is 11.8 Å². The molecule has 0 unspecified atom stereocenters. The van der Waals surface area contributed by atoms with Crippen LogP contribution in [0.3, 0.4) is 0 Å². The zero-order valence-electron chi connectivity index (χ0n) is 8.67. The summed E-state index contributed by atoms with van der Waals surface area (Å²) in [5.41, 5.74) is 2.12. The Morgan fingerprint density at radius 3 is 2.94 bits per heavy atom. The van der Waals surface area contributed by atoms with Gasteiger partial charge in [0.1, 0.15) is 0 Å².